The quantitative estimate of drug-likeness (QED) is 0.593. The first-order valence-electron chi connectivity index (χ1n) is 10.5. The van der Waals surface area contributed by atoms with Gasteiger partial charge in [0, 0.05) is 35.7 Å². The minimum absolute atomic E-state index is 0.0199. The molecule has 0 spiro atoms. The minimum atomic E-state index is -0.0204. The Morgan fingerprint density at radius 2 is 1.80 bits per heavy atom. The molecule has 1 heterocycles. The highest BCUT2D eigenvalue weighted by Gasteiger charge is 2.31. The van der Waals surface area contributed by atoms with Crippen LogP contribution in [0.4, 0.5) is 0 Å². The van der Waals surface area contributed by atoms with Crippen LogP contribution >= 0.6 is 0 Å². The third-order valence-electron chi connectivity index (χ3n) is 5.59. The average molecular weight is 400 g/mol. The molecule has 2 aromatic carbocycles. The summed E-state index contributed by atoms with van der Waals surface area (Å²) in [7, 11) is 0. The molecule has 2 aliphatic rings. The van der Waals surface area contributed by atoms with Gasteiger partial charge in [0.05, 0.1) is 0 Å². The third kappa shape index (κ3) is 4.30. The molecule has 0 aliphatic heterocycles. The summed E-state index contributed by atoms with van der Waals surface area (Å²) >= 11 is 0. The summed E-state index contributed by atoms with van der Waals surface area (Å²) in [5.41, 5.74) is 2.50. The van der Waals surface area contributed by atoms with Crippen LogP contribution in [0.25, 0.3) is 17.0 Å². The summed E-state index contributed by atoms with van der Waals surface area (Å²) in [4.78, 5) is 26.9. The molecule has 2 amide bonds. The molecule has 1 aromatic heterocycles. The van der Waals surface area contributed by atoms with Crippen molar-refractivity contribution in [2.24, 2.45) is 0 Å². The first kappa shape index (κ1) is 18.7. The van der Waals surface area contributed by atoms with Crippen molar-refractivity contribution in [1.29, 1.82) is 0 Å². The number of para-hydroxylation sites is 1. The fourth-order valence-corrected chi connectivity index (χ4v) is 3.56. The molecule has 30 heavy (non-hydrogen) atoms. The lowest BCUT2D eigenvalue weighted by Crippen LogP contribution is -2.31. The SMILES string of the molecule is O=C(NC1CC1)c1ccc(CN(C(=O)/C=C/c2cc3ccccc3o2)C2CC2)cc1. The number of benzene rings is 2. The van der Waals surface area contributed by atoms with Gasteiger partial charge in [0.1, 0.15) is 11.3 Å². The van der Waals surface area contributed by atoms with E-state index in [0.29, 0.717) is 23.9 Å². The van der Waals surface area contributed by atoms with Crippen LogP contribution in [0.15, 0.2) is 65.1 Å². The Kier molecular flexibility index (Phi) is 4.87. The van der Waals surface area contributed by atoms with Gasteiger partial charge in [-0.05, 0) is 61.6 Å². The fourth-order valence-electron chi connectivity index (χ4n) is 3.56. The Bertz CT molecular complexity index is 1070. The molecular weight excluding hydrogens is 376 g/mol. The molecule has 5 nitrogen and oxygen atoms in total. The van der Waals surface area contributed by atoms with Crippen molar-refractivity contribution in [1.82, 2.24) is 10.2 Å². The molecule has 5 heteroatoms. The Morgan fingerprint density at radius 1 is 1.03 bits per heavy atom. The van der Waals surface area contributed by atoms with E-state index in [1.54, 1.807) is 12.2 Å². The van der Waals surface area contributed by atoms with Gasteiger partial charge in [-0.25, -0.2) is 0 Å². The monoisotopic (exact) mass is 400 g/mol. The molecule has 0 radical (unpaired) electrons. The van der Waals surface area contributed by atoms with Crippen LogP contribution in [0.5, 0.6) is 0 Å². The zero-order chi connectivity index (χ0) is 20.5. The van der Waals surface area contributed by atoms with Crippen molar-refractivity contribution in [2.45, 2.75) is 44.3 Å². The Labute approximate surface area is 175 Å². The van der Waals surface area contributed by atoms with E-state index in [1.807, 2.05) is 59.5 Å². The number of furan rings is 1. The maximum Gasteiger partial charge on any atom is 0.251 e. The van der Waals surface area contributed by atoms with E-state index in [4.69, 9.17) is 4.42 Å². The smallest absolute Gasteiger partial charge is 0.251 e. The van der Waals surface area contributed by atoms with Gasteiger partial charge < -0.3 is 14.6 Å². The highest BCUT2D eigenvalue weighted by molar-refractivity contribution is 5.95. The molecule has 5 rings (SSSR count). The van der Waals surface area contributed by atoms with Gasteiger partial charge in [0.2, 0.25) is 5.91 Å². The molecule has 3 aromatic rings. The van der Waals surface area contributed by atoms with Gasteiger partial charge in [-0.15, -0.1) is 0 Å². The number of nitrogens with one attached hydrogen (secondary N) is 1. The number of nitrogens with zero attached hydrogens (tertiary/aromatic N) is 1. The summed E-state index contributed by atoms with van der Waals surface area (Å²) in [5.74, 6) is 0.632. The molecule has 0 unspecified atom stereocenters. The number of hydrogen-bond acceptors (Lipinski definition) is 3. The topological polar surface area (TPSA) is 62.6 Å². The molecule has 0 atom stereocenters. The predicted octanol–water partition coefficient (Wildman–Crippen LogP) is 4.53. The maximum atomic E-state index is 12.9. The summed E-state index contributed by atoms with van der Waals surface area (Å²) in [6.07, 6.45) is 7.54. The van der Waals surface area contributed by atoms with Gasteiger partial charge >= 0.3 is 0 Å². The molecule has 1 N–H and O–H groups in total. The summed E-state index contributed by atoms with van der Waals surface area (Å²) in [5, 5.41) is 4.02. The molecule has 0 bridgehead atoms. The zero-order valence-electron chi connectivity index (χ0n) is 16.7. The van der Waals surface area contributed by atoms with Crippen LogP contribution in [0.3, 0.4) is 0 Å². The highest BCUT2D eigenvalue weighted by Crippen LogP contribution is 2.29. The lowest BCUT2D eigenvalue weighted by molar-refractivity contribution is -0.127. The lowest BCUT2D eigenvalue weighted by Gasteiger charge is -2.21. The van der Waals surface area contributed by atoms with Crippen LogP contribution in [0.1, 0.15) is 47.4 Å². The molecule has 152 valence electrons. The van der Waals surface area contributed by atoms with Crippen LogP contribution in [0.2, 0.25) is 0 Å². The maximum absolute atomic E-state index is 12.9. The minimum Gasteiger partial charge on any atom is -0.457 e. The third-order valence-corrected chi connectivity index (χ3v) is 5.59. The fraction of sp³-hybridized carbons (Fsp3) is 0.280. The van der Waals surface area contributed by atoms with Gasteiger partial charge in [-0.3, -0.25) is 9.59 Å². The van der Waals surface area contributed by atoms with Crippen molar-refractivity contribution in [2.75, 3.05) is 0 Å². The van der Waals surface area contributed by atoms with Crippen molar-refractivity contribution in [3.8, 4) is 0 Å². The van der Waals surface area contributed by atoms with Crippen molar-refractivity contribution in [3.05, 3.63) is 77.6 Å². The Balaban J connectivity index is 1.25. The van der Waals surface area contributed by atoms with E-state index in [1.165, 1.54) is 0 Å². The second kappa shape index (κ2) is 7.82. The number of rotatable bonds is 7. The molecule has 2 aliphatic carbocycles. The second-order valence-electron chi connectivity index (χ2n) is 8.16. The Hall–Kier alpha value is -3.34. The van der Waals surface area contributed by atoms with E-state index >= 15 is 0 Å². The number of amides is 2. The zero-order valence-corrected chi connectivity index (χ0v) is 16.7. The molecule has 2 fully saturated rings. The standard InChI is InChI=1S/C25H24N2O3/c28-24(14-13-22-15-19-3-1-2-4-23(19)30-22)27(21-11-12-21)16-17-5-7-18(8-6-17)25(29)26-20-9-10-20/h1-8,13-15,20-21H,9-12,16H2,(H,26,29)/b14-13+. The van der Waals surface area contributed by atoms with Crippen LogP contribution < -0.4 is 5.32 Å². The van der Waals surface area contributed by atoms with Crippen LogP contribution in [-0.4, -0.2) is 28.8 Å². The molecule has 0 saturated heterocycles. The van der Waals surface area contributed by atoms with E-state index in [2.05, 4.69) is 5.32 Å². The van der Waals surface area contributed by atoms with Gasteiger partial charge in [-0.1, -0.05) is 30.3 Å². The summed E-state index contributed by atoms with van der Waals surface area (Å²) in [6, 6.07) is 17.9. The number of fused-ring (bicyclic) bond motifs is 1. The van der Waals surface area contributed by atoms with E-state index in [0.717, 1.165) is 42.2 Å². The van der Waals surface area contributed by atoms with Gasteiger partial charge in [-0.2, -0.15) is 0 Å². The lowest BCUT2D eigenvalue weighted by atomic mass is 10.1. The number of carbonyl (C=O) groups excluding carboxylic acids is 2. The molecule has 2 saturated carbocycles. The van der Waals surface area contributed by atoms with Crippen LogP contribution in [0, 0.1) is 0 Å². The van der Waals surface area contributed by atoms with E-state index in [9.17, 15) is 9.59 Å². The van der Waals surface area contributed by atoms with Crippen molar-refractivity contribution in [3.63, 3.8) is 0 Å². The van der Waals surface area contributed by atoms with E-state index < -0.39 is 0 Å². The van der Waals surface area contributed by atoms with E-state index in [-0.39, 0.29) is 17.9 Å². The summed E-state index contributed by atoms with van der Waals surface area (Å²) in [6.45, 7) is 0.540. The average Bonchev–Trinajstić information content (AvgIpc) is 3.69. The Morgan fingerprint density at radius 3 is 2.50 bits per heavy atom. The summed E-state index contributed by atoms with van der Waals surface area (Å²) < 4.78 is 5.76. The first-order valence-corrected chi connectivity index (χ1v) is 10.5. The predicted molar refractivity (Wildman–Crippen MR) is 116 cm³/mol. The van der Waals surface area contributed by atoms with Crippen molar-refractivity contribution >= 4 is 28.9 Å². The van der Waals surface area contributed by atoms with Gasteiger partial charge in [0.15, 0.2) is 0 Å². The van der Waals surface area contributed by atoms with Crippen LogP contribution in [-0.2, 0) is 11.3 Å². The number of carbonyl (C=O) groups is 2. The second-order valence-corrected chi connectivity index (χ2v) is 8.16. The number of hydrogen-bond donors (Lipinski definition) is 1. The molecular formula is C25H24N2O3. The normalized spacial score (nSPS) is 16.1. The van der Waals surface area contributed by atoms with Crippen molar-refractivity contribution < 1.29 is 14.0 Å². The largest absolute Gasteiger partial charge is 0.457 e. The van der Waals surface area contributed by atoms with Gasteiger partial charge in [0.25, 0.3) is 5.91 Å². The first-order chi connectivity index (χ1) is 14.7. The highest BCUT2D eigenvalue weighted by atomic mass is 16.3.